The zero-order valence-corrected chi connectivity index (χ0v) is 8.77. The molecule has 0 fully saturated rings. The van der Waals surface area contributed by atoms with Crippen molar-refractivity contribution in [2.24, 2.45) is 0 Å². The highest BCUT2D eigenvalue weighted by atomic mass is 16.5. The molecule has 0 aliphatic rings. The number of nitrogens with zero attached hydrogens (tertiary/aromatic N) is 2. The first-order valence-corrected chi connectivity index (χ1v) is 4.77. The maximum absolute atomic E-state index is 5.59. The van der Waals surface area contributed by atoms with Gasteiger partial charge in [-0.2, -0.15) is 0 Å². The van der Waals surface area contributed by atoms with Gasteiger partial charge in [-0.1, -0.05) is 12.1 Å². The molecule has 2 aromatic rings. The van der Waals surface area contributed by atoms with Crippen LogP contribution in [-0.2, 0) is 0 Å². The summed E-state index contributed by atoms with van der Waals surface area (Å²) in [5.74, 6) is 2.21. The molecule has 76 valence electrons. The Labute approximate surface area is 88.8 Å². The molecule has 2 rings (SSSR count). The summed E-state index contributed by atoms with van der Waals surface area (Å²) in [4.78, 5) is 8.12. The van der Waals surface area contributed by atoms with Crippen molar-refractivity contribution in [2.75, 3.05) is 0 Å². The summed E-state index contributed by atoms with van der Waals surface area (Å²) in [6, 6.07) is 7.87. The third-order valence-electron chi connectivity index (χ3n) is 1.98. The molecular formula is C12H12N2O. The topological polar surface area (TPSA) is 35.0 Å². The van der Waals surface area contributed by atoms with E-state index in [0.29, 0.717) is 5.75 Å². The van der Waals surface area contributed by atoms with Gasteiger partial charge in [-0.15, -0.1) is 0 Å². The van der Waals surface area contributed by atoms with Gasteiger partial charge in [0.05, 0.1) is 12.4 Å². The Balaban J connectivity index is 2.18. The molecule has 0 aliphatic heterocycles. The van der Waals surface area contributed by atoms with Crippen LogP contribution >= 0.6 is 0 Å². The molecule has 1 aromatic heterocycles. The number of aryl methyl sites for hydroxylation is 2. The van der Waals surface area contributed by atoms with Gasteiger partial charge in [0, 0.05) is 0 Å². The fourth-order valence-electron chi connectivity index (χ4n) is 1.25. The normalized spacial score (nSPS) is 10.0. The summed E-state index contributed by atoms with van der Waals surface area (Å²) < 4.78 is 5.59. The number of benzene rings is 1. The van der Waals surface area contributed by atoms with Crippen LogP contribution in [0.3, 0.4) is 0 Å². The van der Waals surface area contributed by atoms with Crippen LogP contribution in [0.4, 0.5) is 0 Å². The summed E-state index contributed by atoms with van der Waals surface area (Å²) in [6.45, 7) is 3.87. The Morgan fingerprint density at radius 3 is 2.40 bits per heavy atom. The molecule has 1 heterocycles. The summed E-state index contributed by atoms with van der Waals surface area (Å²) >= 11 is 0. The molecule has 0 saturated carbocycles. The van der Waals surface area contributed by atoms with E-state index < -0.39 is 0 Å². The van der Waals surface area contributed by atoms with Crippen molar-refractivity contribution >= 4 is 0 Å². The number of aromatic nitrogens is 2. The van der Waals surface area contributed by atoms with Gasteiger partial charge < -0.3 is 4.74 Å². The fourth-order valence-corrected chi connectivity index (χ4v) is 1.25. The largest absolute Gasteiger partial charge is 0.454 e. The van der Waals surface area contributed by atoms with Crippen molar-refractivity contribution in [3.05, 3.63) is 48.0 Å². The van der Waals surface area contributed by atoms with Gasteiger partial charge in [-0.3, -0.25) is 0 Å². The average molecular weight is 200 g/mol. The standard InChI is InChI=1S/C12H12N2O/c1-9-4-3-5-11(6-9)15-12-7-13-10(2)14-8-12/h3-8H,1-2H3. The van der Waals surface area contributed by atoms with E-state index >= 15 is 0 Å². The Bertz CT molecular complexity index is 451. The van der Waals surface area contributed by atoms with E-state index in [-0.39, 0.29) is 0 Å². The molecule has 3 heteroatoms. The number of ether oxygens (including phenoxy) is 1. The van der Waals surface area contributed by atoms with Crippen LogP contribution in [0.25, 0.3) is 0 Å². The highest BCUT2D eigenvalue weighted by Gasteiger charge is 1.97. The van der Waals surface area contributed by atoms with E-state index in [1.807, 2.05) is 38.1 Å². The smallest absolute Gasteiger partial charge is 0.164 e. The lowest BCUT2D eigenvalue weighted by Crippen LogP contribution is -1.89. The summed E-state index contributed by atoms with van der Waals surface area (Å²) in [7, 11) is 0. The lowest BCUT2D eigenvalue weighted by atomic mass is 10.2. The fraction of sp³-hybridized carbons (Fsp3) is 0.167. The minimum atomic E-state index is 0.659. The SMILES string of the molecule is Cc1cccc(Oc2cnc(C)nc2)c1. The first-order chi connectivity index (χ1) is 7.24. The molecule has 0 amide bonds. The van der Waals surface area contributed by atoms with Crippen LogP contribution in [-0.4, -0.2) is 9.97 Å². The number of rotatable bonds is 2. The predicted molar refractivity (Wildman–Crippen MR) is 58.0 cm³/mol. The molecule has 0 N–H and O–H groups in total. The van der Waals surface area contributed by atoms with E-state index in [1.165, 1.54) is 5.56 Å². The van der Waals surface area contributed by atoms with Crippen LogP contribution in [0.5, 0.6) is 11.5 Å². The molecule has 0 atom stereocenters. The first kappa shape index (κ1) is 9.65. The van der Waals surface area contributed by atoms with Crippen LogP contribution in [0.1, 0.15) is 11.4 Å². The van der Waals surface area contributed by atoms with Gasteiger partial charge in [-0.05, 0) is 31.5 Å². The van der Waals surface area contributed by atoms with E-state index in [9.17, 15) is 0 Å². The molecule has 1 aromatic carbocycles. The number of hydrogen-bond donors (Lipinski definition) is 0. The molecule has 0 unspecified atom stereocenters. The second-order valence-electron chi connectivity index (χ2n) is 3.38. The minimum Gasteiger partial charge on any atom is -0.454 e. The molecule has 3 nitrogen and oxygen atoms in total. The Morgan fingerprint density at radius 2 is 1.73 bits per heavy atom. The third kappa shape index (κ3) is 2.53. The predicted octanol–water partition coefficient (Wildman–Crippen LogP) is 2.89. The lowest BCUT2D eigenvalue weighted by Gasteiger charge is -2.05. The van der Waals surface area contributed by atoms with E-state index in [2.05, 4.69) is 9.97 Å². The summed E-state index contributed by atoms with van der Waals surface area (Å²) in [6.07, 6.45) is 3.34. The van der Waals surface area contributed by atoms with Crippen molar-refractivity contribution in [1.82, 2.24) is 9.97 Å². The average Bonchev–Trinajstić information content (AvgIpc) is 2.22. The van der Waals surface area contributed by atoms with E-state index in [4.69, 9.17) is 4.74 Å². The summed E-state index contributed by atoms with van der Waals surface area (Å²) in [5.41, 5.74) is 1.17. The maximum Gasteiger partial charge on any atom is 0.164 e. The molecule has 0 aliphatic carbocycles. The highest BCUT2D eigenvalue weighted by Crippen LogP contribution is 2.20. The molecule has 0 spiro atoms. The molecule has 15 heavy (non-hydrogen) atoms. The maximum atomic E-state index is 5.59. The quantitative estimate of drug-likeness (QED) is 0.747. The Hall–Kier alpha value is -1.90. The minimum absolute atomic E-state index is 0.659. The van der Waals surface area contributed by atoms with Crippen molar-refractivity contribution < 1.29 is 4.74 Å². The molecule has 0 radical (unpaired) electrons. The lowest BCUT2D eigenvalue weighted by molar-refractivity contribution is 0.476. The van der Waals surface area contributed by atoms with Gasteiger partial charge in [-0.25, -0.2) is 9.97 Å². The zero-order chi connectivity index (χ0) is 10.7. The van der Waals surface area contributed by atoms with Crippen molar-refractivity contribution in [1.29, 1.82) is 0 Å². The summed E-state index contributed by atoms with van der Waals surface area (Å²) in [5, 5.41) is 0. The highest BCUT2D eigenvalue weighted by molar-refractivity contribution is 5.31. The van der Waals surface area contributed by atoms with Gasteiger partial charge >= 0.3 is 0 Å². The van der Waals surface area contributed by atoms with Gasteiger partial charge in [0.25, 0.3) is 0 Å². The second kappa shape index (κ2) is 4.09. The molecule has 0 saturated heterocycles. The molecular weight excluding hydrogens is 188 g/mol. The molecule has 0 bridgehead atoms. The van der Waals surface area contributed by atoms with Crippen molar-refractivity contribution in [2.45, 2.75) is 13.8 Å². The monoisotopic (exact) mass is 200 g/mol. The van der Waals surface area contributed by atoms with Gasteiger partial charge in [0.1, 0.15) is 11.6 Å². The number of hydrogen-bond acceptors (Lipinski definition) is 3. The van der Waals surface area contributed by atoms with Crippen LogP contribution in [0.15, 0.2) is 36.7 Å². The van der Waals surface area contributed by atoms with Crippen molar-refractivity contribution in [3.8, 4) is 11.5 Å². The zero-order valence-electron chi connectivity index (χ0n) is 8.77. The second-order valence-corrected chi connectivity index (χ2v) is 3.38. The Kier molecular flexibility index (Phi) is 2.63. The van der Waals surface area contributed by atoms with Crippen LogP contribution in [0.2, 0.25) is 0 Å². The first-order valence-electron chi connectivity index (χ1n) is 4.77. The van der Waals surface area contributed by atoms with E-state index in [0.717, 1.165) is 11.6 Å². The van der Waals surface area contributed by atoms with Gasteiger partial charge in [0.15, 0.2) is 5.75 Å². The van der Waals surface area contributed by atoms with Crippen LogP contribution < -0.4 is 4.74 Å². The van der Waals surface area contributed by atoms with Gasteiger partial charge in [0.2, 0.25) is 0 Å². The van der Waals surface area contributed by atoms with Crippen molar-refractivity contribution in [3.63, 3.8) is 0 Å². The van der Waals surface area contributed by atoms with E-state index in [1.54, 1.807) is 12.4 Å². The Morgan fingerprint density at radius 1 is 1.00 bits per heavy atom. The van der Waals surface area contributed by atoms with Crippen LogP contribution in [0, 0.1) is 13.8 Å². The third-order valence-corrected chi connectivity index (χ3v) is 1.98.